The summed E-state index contributed by atoms with van der Waals surface area (Å²) in [7, 11) is 0. The summed E-state index contributed by atoms with van der Waals surface area (Å²) in [5.41, 5.74) is 17.3. The van der Waals surface area contributed by atoms with Crippen LogP contribution in [0.4, 0.5) is 0 Å². The number of rotatable bonds is 8. The van der Waals surface area contributed by atoms with Crippen molar-refractivity contribution in [1.82, 2.24) is 0 Å². The van der Waals surface area contributed by atoms with Gasteiger partial charge in [-0.15, -0.1) is 0 Å². The molecule has 0 fully saturated rings. The van der Waals surface area contributed by atoms with E-state index in [-0.39, 0.29) is 10.8 Å². The van der Waals surface area contributed by atoms with Crippen molar-refractivity contribution in [3.05, 3.63) is 228 Å². The average Bonchev–Trinajstić information content (AvgIpc) is 3.26. The fraction of sp³-hybridized carbons (Fsp3) is 0.138. The molecule has 0 amide bonds. The van der Waals surface area contributed by atoms with Crippen molar-refractivity contribution in [3.63, 3.8) is 0 Å². The highest BCUT2D eigenvalue weighted by Gasteiger charge is 2.31. The standard InChI is InChI=1S/C58H50/c1-39-21-13-15-27-45(39)41-33-35-47-51(37-41)55(49-29-17-19-31-53(49)57(3,4)43-23-9-7-10-24-43)48-36-34-42(46-28-16-14-22-40(46)2)38-52(48)56(47)50-30-18-20-32-54(50)58(5,6)44-25-11-8-12-26-44/h7-38H,1-6H3. The van der Waals surface area contributed by atoms with Crippen molar-refractivity contribution >= 4 is 21.5 Å². The summed E-state index contributed by atoms with van der Waals surface area (Å²) in [6.07, 6.45) is 0. The molecule has 0 aliphatic heterocycles. The molecule has 0 N–H and O–H groups in total. The van der Waals surface area contributed by atoms with Gasteiger partial charge in [-0.05, 0) is 125 Å². The smallest absolute Gasteiger partial charge is 0.0152 e. The maximum atomic E-state index is 2.47. The molecule has 0 aliphatic carbocycles. The zero-order chi connectivity index (χ0) is 40.0. The lowest BCUT2D eigenvalue weighted by molar-refractivity contribution is 0.642. The molecule has 0 spiro atoms. The molecule has 0 heteroatoms. The Morgan fingerprint density at radius 2 is 0.621 bits per heavy atom. The second kappa shape index (κ2) is 14.8. The third-order valence-electron chi connectivity index (χ3n) is 12.8. The van der Waals surface area contributed by atoms with Crippen LogP contribution in [0.15, 0.2) is 194 Å². The first-order valence-corrected chi connectivity index (χ1v) is 20.6. The van der Waals surface area contributed by atoms with Crippen LogP contribution >= 0.6 is 0 Å². The second-order valence-corrected chi connectivity index (χ2v) is 17.0. The van der Waals surface area contributed by atoms with Crippen LogP contribution < -0.4 is 0 Å². The molecular formula is C58H50. The molecule has 9 aromatic carbocycles. The summed E-state index contributed by atoms with van der Waals surface area (Å²) in [5, 5.41) is 5.03. The highest BCUT2D eigenvalue weighted by Crippen LogP contribution is 2.51. The predicted octanol–water partition coefficient (Wildman–Crippen LogP) is 15.9. The van der Waals surface area contributed by atoms with Crippen LogP contribution in [0.25, 0.3) is 66.1 Å². The Hall–Kier alpha value is -6.50. The molecule has 0 aromatic heterocycles. The van der Waals surface area contributed by atoms with Crippen molar-refractivity contribution in [2.75, 3.05) is 0 Å². The van der Waals surface area contributed by atoms with Gasteiger partial charge in [-0.3, -0.25) is 0 Å². The van der Waals surface area contributed by atoms with Crippen LogP contribution in [0.2, 0.25) is 0 Å². The first-order chi connectivity index (χ1) is 28.1. The molecule has 0 saturated heterocycles. The van der Waals surface area contributed by atoms with Crippen molar-refractivity contribution in [3.8, 4) is 44.5 Å². The molecule has 0 radical (unpaired) electrons. The summed E-state index contributed by atoms with van der Waals surface area (Å²) in [5.74, 6) is 0. The lowest BCUT2D eigenvalue weighted by Gasteiger charge is -2.31. The molecule has 0 bridgehead atoms. The monoisotopic (exact) mass is 746 g/mol. The zero-order valence-electron chi connectivity index (χ0n) is 34.5. The quantitative estimate of drug-likeness (QED) is 0.136. The largest absolute Gasteiger partial charge is 0.0622 e. The number of fused-ring (bicyclic) bond motifs is 2. The van der Waals surface area contributed by atoms with Gasteiger partial charge in [0.2, 0.25) is 0 Å². The normalized spacial score (nSPS) is 12.0. The maximum Gasteiger partial charge on any atom is 0.0152 e. The SMILES string of the molecule is Cc1ccccc1-c1ccc2c(-c3ccccc3C(C)(C)c3ccccc3)c3cc(-c4ccccc4C)ccc3c(-c3ccccc3C(C)(C)c3ccccc3)c2c1. The summed E-state index contributed by atoms with van der Waals surface area (Å²) < 4.78 is 0. The van der Waals surface area contributed by atoms with E-state index < -0.39 is 0 Å². The maximum absolute atomic E-state index is 2.47. The minimum Gasteiger partial charge on any atom is -0.0622 e. The topological polar surface area (TPSA) is 0 Å². The fourth-order valence-corrected chi connectivity index (χ4v) is 9.45. The van der Waals surface area contributed by atoms with Gasteiger partial charge in [0.05, 0.1) is 0 Å². The Bertz CT molecular complexity index is 2740. The molecule has 282 valence electrons. The predicted molar refractivity (Wildman–Crippen MR) is 250 cm³/mol. The van der Waals surface area contributed by atoms with Crippen molar-refractivity contribution in [2.45, 2.75) is 52.4 Å². The van der Waals surface area contributed by atoms with E-state index in [9.17, 15) is 0 Å². The van der Waals surface area contributed by atoms with E-state index in [1.807, 2.05) is 0 Å². The molecule has 0 heterocycles. The van der Waals surface area contributed by atoms with Crippen molar-refractivity contribution in [1.29, 1.82) is 0 Å². The van der Waals surface area contributed by atoms with E-state index >= 15 is 0 Å². The number of hydrogen-bond donors (Lipinski definition) is 0. The van der Waals surface area contributed by atoms with E-state index in [0.717, 1.165) is 0 Å². The Morgan fingerprint density at radius 1 is 0.293 bits per heavy atom. The van der Waals surface area contributed by atoms with Gasteiger partial charge in [-0.25, -0.2) is 0 Å². The number of aryl methyl sites for hydroxylation is 2. The minimum atomic E-state index is -0.254. The Labute approximate surface area is 344 Å². The van der Waals surface area contributed by atoms with E-state index in [1.54, 1.807) is 0 Å². The third-order valence-corrected chi connectivity index (χ3v) is 12.8. The summed E-state index contributed by atoms with van der Waals surface area (Å²) in [6, 6.07) is 72.2. The van der Waals surface area contributed by atoms with Gasteiger partial charge in [0.1, 0.15) is 0 Å². The minimum absolute atomic E-state index is 0.254. The van der Waals surface area contributed by atoms with E-state index in [2.05, 4.69) is 236 Å². The van der Waals surface area contributed by atoms with Gasteiger partial charge in [-0.2, -0.15) is 0 Å². The highest BCUT2D eigenvalue weighted by molar-refractivity contribution is 6.23. The van der Waals surface area contributed by atoms with E-state index in [1.165, 1.54) is 99.4 Å². The third kappa shape index (κ3) is 6.34. The summed E-state index contributed by atoms with van der Waals surface area (Å²) in [4.78, 5) is 0. The van der Waals surface area contributed by atoms with Crippen molar-refractivity contribution in [2.24, 2.45) is 0 Å². The molecule has 9 rings (SSSR count). The molecule has 0 saturated carbocycles. The summed E-state index contributed by atoms with van der Waals surface area (Å²) in [6.45, 7) is 13.9. The average molecular weight is 747 g/mol. The van der Waals surface area contributed by atoms with Gasteiger partial charge >= 0.3 is 0 Å². The second-order valence-electron chi connectivity index (χ2n) is 17.0. The Balaban J connectivity index is 1.46. The molecular weight excluding hydrogens is 697 g/mol. The van der Waals surface area contributed by atoms with Gasteiger partial charge in [0.15, 0.2) is 0 Å². The van der Waals surface area contributed by atoms with Crippen LogP contribution in [0, 0.1) is 13.8 Å². The summed E-state index contributed by atoms with van der Waals surface area (Å²) >= 11 is 0. The molecule has 58 heavy (non-hydrogen) atoms. The van der Waals surface area contributed by atoms with Gasteiger partial charge in [-0.1, -0.05) is 210 Å². The Kier molecular flexibility index (Phi) is 9.45. The first-order valence-electron chi connectivity index (χ1n) is 20.6. The zero-order valence-corrected chi connectivity index (χ0v) is 34.5. The fourth-order valence-electron chi connectivity index (χ4n) is 9.45. The first kappa shape index (κ1) is 37.1. The van der Waals surface area contributed by atoms with E-state index in [0.29, 0.717) is 0 Å². The molecule has 9 aromatic rings. The number of hydrogen-bond acceptors (Lipinski definition) is 0. The van der Waals surface area contributed by atoms with E-state index in [4.69, 9.17) is 0 Å². The molecule has 0 aliphatic rings. The Morgan fingerprint density at radius 3 is 1.00 bits per heavy atom. The van der Waals surface area contributed by atoms with Crippen LogP contribution in [-0.4, -0.2) is 0 Å². The lowest BCUT2D eigenvalue weighted by Crippen LogP contribution is -2.20. The van der Waals surface area contributed by atoms with Crippen LogP contribution in [0.3, 0.4) is 0 Å². The highest BCUT2D eigenvalue weighted by atomic mass is 14.3. The van der Waals surface area contributed by atoms with Crippen molar-refractivity contribution < 1.29 is 0 Å². The molecule has 0 unspecified atom stereocenters. The van der Waals surface area contributed by atoms with Gasteiger partial charge in [0.25, 0.3) is 0 Å². The van der Waals surface area contributed by atoms with Gasteiger partial charge in [0, 0.05) is 10.8 Å². The van der Waals surface area contributed by atoms with Crippen LogP contribution in [0.5, 0.6) is 0 Å². The number of benzene rings is 9. The van der Waals surface area contributed by atoms with Gasteiger partial charge < -0.3 is 0 Å². The van der Waals surface area contributed by atoms with Crippen LogP contribution in [0.1, 0.15) is 61.1 Å². The lowest BCUT2D eigenvalue weighted by atomic mass is 9.72. The molecule has 0 nitrogen and oxygen atoms in total. The molecule has 0 atom stereocenters. The van der Waals surface area contributed by atoms with Crippen LogP contribution in [-0.2, 0) is 10.8 Å².